The van der Waals surface area contributed by atoms with Crippen LogP contribution < -0.4 is 0 Å². The standard InChI is InChI=1S/C17H10F4N2O/c18-14-5-10(6-15(19)13(14)8-24)11-3-1-2-4-12(11)16-7-23(9-22-16)17(20)21/h1-9,17H. The summed E-state index contributed by atoms with van der Waals surface area (Å²) in [7, 11) is 0. The fourth-order valence-electron chi connectivity index (χ4n) is 2.39. The van der Waals surface area contributed by atoms with E-state index in [1.807, 2.05) is 0 Å². The van der Waals surface area contributed by atoms with Crippen LogP contribution in [-0.4, -0.2) is 15.8 Å². The van der Waals surface area contributed by atoms with Crippen LogP contribution in [0.15, 0.2) is 48.9 Å². The Balaban J connectivity index is 2.14. The van der Waals surface area contributed by atoms with Crippen LogP contribution in [0.25, 0.3) is 22.4 Å². The number of benzene rings is 2. The fourth-order valence-corrected chi connectivity index (χ4v) is 2.39. The van der Waals surface area contributed by atoms with Gasteiger partial charge in [0, 0.05) is 11.8 Å². The molecule has 0 aliphatic rings. The highest BCUT2D eigenvalue weighted by Crippen LogP contribution is 2.33. The molecule has 3 aromatic rings. The van der Waals surface area contributed by atoms with Crippen molar-refractivity contribution in [2.75, 3.05) is 0 Å². The van der Waals surface area contributed by atoms with Crippen LogP contribution in [0.2, 0.25) is 0 Å². The Kier molecular flexibility index (Phi) is 4.16. The number of hydrogen-bond acceptors (Lipinski definition) is 2. The molecule has 0 amide bonds. The quantitative estimate of drug-likeness (QED) is 0.512. The van der Waals surface area contributed by atoms with Crippen molar-refractivity contribution in [1.29, 1.82) is 0 Å². The van der Waals surface area contributed by atoms with E-state index in [1.165, 1.54) is 0 Å². The summed E-state index contributed by atoms with van der Waals surface area (Å²) in [5.41, 5.74) is 0.615. The molecule has 0 N–H and O–H groups in total. The first-order chi connectivity index (χ1) is 11.5. The Morgan fingerprint density at radius 1 is 1.04 bits per heavy atom. The smallest absolute Gasteiger partial charge is 0.298 e. The molecule has 0 saturated heterocycles. The first kappa shape index (κ1) is 15.9. The van der Waals surface area contributed by atoms with Gasteiger partial charge in [-0.25, -0.2) is 13.8 Å². The van der Waals surface area contributed by atoms with Crippen molar-refractivity contribution < 1.29 is 22.4 Å². The summed E-state index contributed by atoms with van der Waals surface area (Å²) < 4.78 is 53.7. The minimum Gasteiger partial charge on any atom is -0.298 e. The number of hydrogen-bond donors (Lipinski definition) is 0. The Labute approximate surface area is 134 Å². The maximum Gasteiger partial charge on any atom is 0.319 e. The number of nitrogens with zero attached hydrogens (tertiary/aromatic N) is 2. The molecule has 3 nitrogen and oxygen atoms in total. The minimum atomic E-state index is -2.74. The van der Waals surface area contributed by atoms with E-state index in [-0.39, 0.29) is 17.5 Å². The van der Waals surface area contributed by atoms with E-state index in [0.717, 1.165) is 24.7 Å². The zero-order chi connectivity index (χ0) is 17.3. The van der Waals surface area contributed by atoms with Crippen molar-refractivity contribution in [1.82, 2.24) is 9.55 Å². The fraction of sp³-hybridized carbons (Fsp3) is 0.0588. The Bertz CT molecular complexity index is 882. The number of carbonyl (C=O) groups is 1. The maximum absolute atomic E-state index is 13.9. The largest absolute Gasteiger partial charge is 0.319 e. The minimum absolute atomic E-state index is 0.102. The van der Waals surface area contributed by atoms with E-state index in [1.54, 1.807) is 24.3 Å². The summed E-state index contributed by atoms with van der Waals surface area (Å²) in [5.74, 6) is -1.99. The molecule has 7 heteroatoms. The Morgan fingerprint density at radius 3 is 2.21 bits per heavy atom. The average molecular weight is 334 g/mol. The summed E-state index contributed by atoms with van der Waals surface area (Å²) in [6, 6.07) is 8.55. The third-order valence-corrected chi connectivity index (χ3v) is 3.54. The molecule has 0 atom stereocenters. The normalized spacial score (nSPS) is 11.0. The van der Waals surface area contributed by atoms with Crippen LogP contribution in [-0.2, 0) is 0 Å². The molecule has 0 unspecified atom stereocenters. The average Bonchev–Trinajstić information content (AvgIpc) is 3.04. The van der Waals surface area contributed by atoms with Gasteiger partial charge >= 0.3 is 6.55 Å². The van der Waals surface area contributed by atoms with Gasteiger partial charge in [0.15, 0.2) is 6.29 Å². The molecule has 0 radical (unpaired) electrons. The predicted molar refractivity (Wildman–Crippen MR) is 79.7 cm³/mol. The van der Waals surface area contributed by atoms with Gasteiger partial charge in [0.25, 0.3) is 0 Å². The molecular formula is C17H10F4N2O. The van der Waals surface area contributed by atoms with E-state index >= 15 is 0 Å². The topological polar surface area (TPSA) is 34.9 Å². The lowest BCUT2D eigenvalue weighted by Gasteiger charge is -2.09. The zero-order valence-electron chi connectivity index (χ0n) is 12.1. The van der Waals surface area contributed by atoms with Crippen molar-refractivity contribution in [3.63, 3.8) is 0 Å². The summed E-state index contributed by atoms with van der Waals surface area (Å²) in [4.78, 5) is 14.6. The van der Waals surface area contributed by atoms with Gasteiger partial charge in [-0.1, -0.05) is 24.3 Å². The third kappa shape index (κ3) is 2.80. The number of rotatable bonds is 4. The molecule has 122 valence electrons. The third-order valence-electron chi connectivity index (χ3n) is 3.54. The summed E-state index contributed by atoms with van der Waals surface area (Å²) in [5, 5.41) is 0. The highest BCUT2D eigenvalue weighted by Gasteiger charge is 2.16. The van der Waals surface area contributed by atoms with Gasteiger partial charge in [-0.15, -0.1) is 0 Å². The highest BCUT2D eigenvalue weighted by molar-refractivity contribution is 5.84. The van der Waals surface area contributed by atoms with E-state index < -0.39 is 23.7 Å². The van der Waals surface area contributed by atoms with E-state index in [4.69, 9.17) is 0 Å². The van der Waals surface area contributed by atoms with Gasteiger partial charge in [0.05, 0.1) is 17.6 Å². The van der Waals surface area contributed by atoms with Gasteiger partial charge in [-0.3, -0.25) is 9.36 Å². The number of aldehydes is 1. The van der Waals surface area contributed by atoms with E-state index in [9.17, 15) is 22.4 Å². The molecule has 0 saturated carbocycles. The van der Waals surface area contributed by atoms with Crippen LogP contribution in [0, 0.1) is 11.6 Å². The van der Waals surface area contributed by atoms with Crippen LogP contribution in [0.3, 0.4) is 0 Å². The van der Waals surface area contributed by atoms with Crippen LogP contribution in [0.5, 0.6) is 0 Å². The summed E-state index contributed by atoms with van der Waals surface area (Å²) in [6.45, 7) is -2.74. The maximum atomic E-state index is 13.9. The van der Waals surface area contributed by atoms with Crippen molar-refractivity contribution in [2.45, 2.75) is 6.55 Å². The summed E-state index contributed by atoms with van der Waals surface area (Å²) in [6.07, 6.45) is 2.23. The predicted octanol–water partition coefficient (Wildman–Crippen LogP) is 4.70. The number of aromatic nitrogens is 2. The zero-order valence-corrected chi connectivity index (χ0v) is 12.1. The van der Waals surface area contributed by atoms with Gasteiger partial charge in [-0.05, 0) is 23.3 Å². The molecule has 1 heterocycles. The van der Waals surface area contributed by atoms with Crippen LogP contribution in [0.1, 0.15) is 16.9 Å². The van der Waals surface area contributed by atoms with Crippen molar-refractivity contribution >= 4 is 6.29 Å². The van der Waals surface area contributed by atoms with Gasteiger partial charge in [0.2, 0.25) is 0 Å². The van der Waals surface area contributed by atoms with Gasteiger partial charge in [-0.2, -0.15) is 8.78 Å². The number of alkyl halides is 2. The molecule has 1 aromatic heterocycles. The lowest BCUT2D eigenvalue weighted by atomic mass is 9.97. The second kappa shape index (κ2) is 6.27. The van der Waals surface area contributed by atoms with Crippen LogP contribution in [0.4, 0.5) is 17.6 Å². The lowest BCUT2D eigenvalue weighted by molar-refractivity contribution is 0.0702. The molecule has 0 fully saturated rings. The monoisotopic (exact) mass is 334 g/mol. The SMILES string of the molecule is O=Cc1c(F)cc(-c2ccccc2-c2cn(C(F)F)cn2)cc1F. The van der Waals surface area contributed by atoms with Crippen LogP contribution >= 0.6 is 0 Å². The van der Waals surface area contributed by atoms with Crippen molar-refractivity contribution in [3.8, 4) is 22.4 Å². The second-order valence-corrected chi connectivity index (χ2v) is 5.00. The molecule has 2 aromatic carbocycles. The summed E-state index contributed by atoms with van der Waals surface area (Å²) >= 11 is 0. The lowest BCUT2D eigenvalue weighted by Crippen LogP contribution is -1.96. The van der Waals surface area contributed by atoms with Crippen molar-refractivity contribution in [3.05, 3.63) is 66.1 Å². The molecular weight excluding hydrogens is 324 g/mol. The second-order valence-electron chi connectivity index (χ2n) is 5.00. The number of imidazole rings is 1. The Hall–Kier alpha value is -2.96. The van der Waals surface area contributed by atoms with Crippen molar-refractivity contribution in [2.24, 2.45) is 0 Å². The first-order valence-corrected chi connectivity index (χ1v) is 6.87. The van der Waals surface area contributed by atoms with Gasteiger partial charge < -0.3 is 0 Å². The molecule has 0 spiro atoms. The molecule has 0 aliphatic carbocycles. The van der Waals surface area contributed by atoms with Gasteiger partial charge in [0.1, 0.15) is 11.6 Å². The first-order valence-electron chi connectivity index (χ1n) is 6.87. The molecule has 0 aliphatic heterocycles. The Morgan fingerprint density at radius 2 is 1.67 bits per heavy atom. The molecule has 24 heavy (non-hydrogen) atoms. The molecule has 0 bridgehead atoms. The molecule has 3 rings (SSSR count). The number of carbonyl (C=O) groups excluding carboxylic acids is 1. The highest BCUT2D eigenvalue weighted by atomic mass is 19.3. The van der Waals surface area contributed by atoms with E-state index in [2.05, 4.69) is 4.98 Å². The van der Waals surface area contributed by atoms with E-state index in [0.29, 0.717) is 15.7 Å². The number of halogens is 4.